The molecule has 0 spiro atoms. The van der Waals surface area contributed by atoms with Gasteiger partial charge in [-0.1, -0.05) is 47.0 Å². The van der Waals surface area contributed by atoms with Crippen LogP contribution in [-0.4, -0.2) is 37.0 Å². The second-order valence-electron chi connectivity index (χ2n) is 5.72. The molecule has 1 amide bonds. The quantitative estimate of drug-likeness (QED) is 0.809. The van der Waals surface area contributed by atoms with Gasteiger partial charge in [-0.15, -0.1) is 0 Å². The van der Waals surface area contributed by atoms with Crippen LogP contribution in [0, 0.1) is 6.92 Å². The summed E-state index contributed by atoms with van der Waals surface area (Å²) >= 11 is 12.5. The number of hydrogen-bond donors (Lipinski definition) is 0. The molecule has 23 heavy (non-hydrogen) atoms. The predicted octanol–water partition coefficient (Wildman–Crippen LogP) is 4.26. The number of piperazine rings is 1. The van der Waals surface area contributed by atoms with Gasteiger partial charge in [0, 0.05) is 31.7 Å². The first-order chi connectivity index (χ1) is 11.1. The maximum absolute atomic E-state index is 12.5. The van der Waals surface area contributed by atoms with Gasteiger partial charge < -0.3 is 9.80 Å². The highest BCUT2D eigenvalue weighted by Gasteiger charge is 2.24. The summed E-state index contributed by atoms with van der Waals surface area (Å²) in [6, 6.07) is 13.2. The maximum atomic E-state index is 12.5. The minimum atomic E-state index is 0.0786. The van der Waals surface area contributed by atoms with Crippen molar-refractivity contribution in [3.05, 3.63) is 63.6 Å². The van der Waals surface area contributed by atoms with Crippen LogP contribution in [0.3, 0.4) is 0 Å². The molecule has 0 atom stereocenters. The Morgan fingerprint density at radius 1 is 0.913 bits per heavy atom. The molecule has 0 unspecified atom stereocenters. The summed E-state index contributed by atoms with van der Waals surface area (Å²) in [4.78, 5) is 16.6. The van der Waals surface area contributed by atoms with Gasteiger partial charge in [-0.3, -0.25) is 4.79 Å². The summed E-state index contributed by atoms with van der Waals surface area (Å²) in [7, 11) is 0. The smallest absolute Gasteiger partial charge is 0.253 e. The van der Waals surface area contributed by atoms with Gasteiger partial charge in [0.25, 0.3) is 5.91 Å². The molecule has 5 heteroatoms. The highest BCUT2D eigenvalue weighted by molar-refractivity contribution is 6.39. The van der Waals surface area contributed by atoms with E-state index in [-0.39, 0.29) is 5.91 Å². The third kappa shape index (κ3) is 3.46. The molecule has 3 nitrogen and oxygen atoms in total. The Kier molecular flexibility index (Phi) is 4.79. The number of hydrogen-bond acceptors (Lipinski definition) is 2. The normalized spacial score (nSPS) is 14.9. The molecule has 3 rings (SSSR count). The molecule has 0 aromatic heterocycles. The number of anilines is 1. The molecule has 1 aliphatic rings. The molecule has 0 N–H and O–H groups in total. The zero-order valence-electron chi connectivity index (χ0n) is 12.9. The largest absolute Gasteiger partial charge is 0.366 e. The number of aryl methyl sites for hydroxylation is 1. The van der Waals surface area contributed by atoms with E-state index < -0.39 is 0 Å². The number of halogens is 2. The van der Waals surface area contributed by atoms with Gasteiger partial charge in [-0.2, -0.15) is 0 Å². The number of carbonyl (C=O) groups excluding carboxylic acids is 1. The molecule has 1 aliphatic heterocycles. The van der Waals surface area contributed by atoms with E-state index in [1.807, 2.05) is 54.3 Å². The fourth-order valence-corrected chi connectivity index (χ4v) is 3.44. The Morgan fingerprint density at radius 3 is 2.04 bits per heavy atom. The van der Waals surface area contributed by atoms with E-state index in [4.69, 9.17) is 23.2 Å². The fraction of sp³-hybridized carbons (Fsp3) is 0.278. The van der Waals surface area contributed by atoms with Gasteiger partial charge >= 0.3 is 0 Å². The summed E-state index contributed by atoms with van der Waals surface area (Å²) in [5.41, 5.74) is 2.75. The molecule has 0 radical (unpaired) electrons. The lowest BCUT2D eigenvalue weighted by Gasteiger charge is -2.37. The van der Waals surface area contributed by atoms with Crippen molar-refractivity contribution >= 4 is 34.8 Å². The predicted molar refractivity (Wildman–Crippen MR) is 95.8 cm³/mol. The van der Waals surface area contributed by atoms with E-state index in [9.17, 15) is 4.79 Å². The summed E-state index contributed by atoms with van der Waals surface area (Å²) in [5, 5.41) is 1.30. The molecular weight excluding hydrogens is 331 g/mol. The van der Waals surface area contributed by atoms with Crippen molar-refractivity contribution in [2.45, 2.75) is 6.92 Å². The Hall–Kier alpha value is -1.71. The number of rotatable bonds is 2. The van der Waals surface area contributed by atoms with Crippen molar-refractivity contribution in [1.82, 2.24) is 4.90 Å². The van der Waals surface area contributed by atoms with Gasteiger partial charge in [0.15, 0.2) is 0 Å². The molecule has 0 saturated carbocycles. The molecule has 0 aliphatic carbocycles. The molecule has 2 aromatic carbocycles. The van der Waals surface area contributed by atoms with Crippen molar-refractivity contribution in [2.24, 2.45) is 0 Å². The molecule has 1 heterocycles. The Balaban J connectivity index is 1.69. The van der Waals surface area contributed by atoms with Crippen molar-refractivity contribution in [1.29, 1.82) is 0 Å². The van der Waals surface area contributed by atoms with Crippen LogP contribution in [0.4, 0.5) is 5.69 Å². The van der Waals surface area contributed by atoms with Crippen LogP contribution in [-0.2, 0) is 0 Å². The first-order valence-corrected chi connectivity index (χ1v) is 8.37. The van der Waals surface area contributed by atoms with Gasteiger partial charge in [0.1, 0.15) is 0 Å². The lowest BCUT2D eigenvalue weighted by molar-refractivity contribution is 0.0747. The summed E-state index contributed by atoms with van der Waals surface area (Å²) in [6.07, 6.45) is 0. The Morgan fingerprint density at radius 2 is 1.48 bits per heavy atom. The zero-order valence-corrected chi connectivity index (χ0v) is 14.4. The summed E-state index contributed by atoms with van der Waals surface area (Å²) < 4.78 is 0. The van der Waals surface area contributed by atoms with Crippen molar-refractivity contribution < 1.29 is 4.79 Å². The van der Waals surface area contributed by atoms with E-state index in [1.165, 1.54) is 0 Å². The van der Waals surface area contributed by atoms with Gasteiger partial charge in [-0.05, 0) is 31.2 Å². The van der Waals surface area contributed by atoms with E-state index in [0.717, 1.165) is 29.9 Å². The molecular formula is C18H18Cl2N2O. The monoisotopic (exact) mass is 348 g/mol. The van der Waals surface area contributed by atoms with Crippen LogP contribution in [0.2, 0.25) is 10.0 Å². The zero-order chi connectivity index (χ0) is 16.4. The van der Waals surface area contributed by atoms with Crippen LogP contribution < -0.4 is 4.90 Å². The third-order valence-corrected chi connectivity index (χ3v) is 4.73. The second kappa shape index (κ2) is 6.81. The molecule has 2 aromatic rings. The van der Waals surface area contributed by atoms with Gasteiger partial charge in [0.05, 0.1) is 15.7 Å². The van der Waals surface area contributed by atoms with Crippen LogP contribution in [0.1, 0.15) is 15.9 Å². The SMILES string of the molecule is Cc1ccc(C(=O)N2CCN(c3c(Cl)cccc3Cl)CC2)cc1. The average Bonchev–Trinajstić information content (AvgIpc) is 2.55. The average molecular weight is 349 g/mol. The number of benzene rings is 2. The molecule has 0 bridgehead atoms. The first kappa shape index (κ1) is 16.2. The van der Waals surface area contributed by atoms with Crippen LogP contribution in [0.5, 0.6) is 0 Å². The van der Waals surface area contributed by atoms with Crippen LogP contribution >= 0.6 is 23.2 Å². The lowest BCUT2D eigenvalue weighted by Crippen LogP contribution is -2.49. The summed E-state index contributed by atoms with van der Waals surface area (Å²) in [5.74, 6) is 0.0786. The van der Waals surface area contributed by atoms with E-state index in [2.05, 4.69) is 4.90 Å². The Labute approximate surface area is 146 Å². The standard InChI is InChI=1S/C18H18Cl2N2O/c1-13-5-7-14(8-6-13)18(23)22-11-9-21(10-12-22)17-15(19)3-2-4-16(17)20/h2-8H,9-12H2,1H3. The number of amides is 1. The highest BCUT2D eigenvalue weighted by atomic mass is 35.5. The molecule has 1 fully saturated rings. The number of nitrogens with zero attached hydrogens (tertiary/aromatic N) is 2. The van der Waals surface area contributed by atoms with Crippen molar-refractivity contribution in [3.8, 4) is 0 Å². The molecule has 1 saturated heterocycles. The molecule has 120 valence electrons. The minimum absolute atomic E-state index is 0.0786. The van der Waals surface area contributed by atoms with Gasteiger partial charge in [0.2, 0.25) is 0 Å². The first-order valence-electron chi connectivity index (χ1n) is 7.61. The minimum Gasteiger partial charge on any atom is -0.366 e. The van der Waals surface area contributed by atoms with E-state index in [1.54, 1.807) is 0 Å². The van der Waals surface area contributed by atoms with E-state index in [0.29, 0.717) is 23.1 Å². The third-order valence-electron chi connectivity index (χ3n) is 4.12. The second-order valence-corrected chi connectivity index (χ2v) is 6.53. The maximum Gasteiger partial charge on any atom is 0.253 e. The van der Waals surface area contributed by atoms with Crippen LogP contribution in [0.25, 0.3) is 0 Å². The van der Waals surface area contributed by atoms with Crippen molar-refractivity contribution in [2.75, 3.05) is 31.1 Å². The Bertz CT molecular complexity index is 687. The van der Waals surface area contributed by atoms with Crippen LogP contribution in [0.15, 0.2) is 42.5 Å². The topological polar surface area (TPSA) is 23.6 Å². The summed E-state index contributed by atoms with van der Waals surface area (Å²) in [6.45, 7) is 4.78. The van der Waals surface area contributed by atoms with Gasteiger partial charge in [-0.25, -0.2) is 0 Å². The van der Waals surface area contributed by atoms with Crippen molar-refractivity contribution in [3.63, 3.8) is 0 Å². The van der Waals surface area contributed by atoms with E-state index >= 15 is 0 Å². The fourth-order valence-electron chi connectivity index (χ4n) is 2.80. The lowest BCUT2D eigenvalue weighted by atomic mass is 10.1. The number of para-hydroxylation sites is 1. The number of carbonyl (C=O) groups is 1. The highest BCUT2D eigenvalue weighted by Crippen LogP contribution is 2.34.